The highest BCUT2D eigenvalue weighted by Crippen LogP contribution is 2.46. The van der Waals surface area contributed by atoms with Gasteiger partial charge in [0.25, 0.3) is 0 Å². The molecule has 0 aliphatic carbocycles. The summed E-state index contributed by atoms with van der Waals surface area (Å²) in [5.74, 6) is 0.0722. The topological polar surface area (TPSA) is 59.4 Å². The van der Waals surface area contributed by atoms with Crippen LogP contribution in [0.15, 0.2) is 18.3 Å². The minimum Gasteiger partial charge on any atom is -0.493 e. The van der Waals surface area contributed by atoms with Gasteiger partial charge in [0.2, 0.25) is 13.2 Å². The number of nitrogens with zero attached hydrogens (tertiary/aromatic N) is 1. The molecule has 0 radical (unpaired) electrons. The molecule has 0 saturated carbocycles. The molecule has 0 aromatic carbocycles. The summed E-state index contributed by atoms with van der Waals surface area (Å²) < 4.78 is 17.2. The SMILES string of the molecule is CCOP(C)(=O)CC(C)c1ccnc(O)c1. The molecule has 0 fully saturated rings. The maximum atomic E-state index is 12.0. The number of rotatable bonds is 5. The molecule has 90 valence electrons. The third-order valence-electron chi connectivity index (χ3n) is 2.35. The minimum absolute atomic E-state index is 0.00769. The molecule has 1 aromatic rings. The average Bonchev–Trinajstić information content (AvgIpc) is 2.16. The Labute approximate surface area is 96.1 Å². The van der Waals surface area contributed by atoms with Crippen LogP contribution in [-0.2, 0) is 9.09 Å². The second-order valence-electron chi connectivity index (χ2n) is 3.96. The first-order valence-electron chi connectivity index (χ1n) is 5.30. The van der Waals surface area contributed by atoms with E-state index >= 15 is 0 Å². The molecule has 0 saturated heterocycles. The number of pyridine rings is 1. The van der Waals surface area contributed by atoms with Gasteiger partial charge in [-0.3, -0.25) is 4.57 Å². The predicted molar refractivity (Wildman–Crippen MR) is 64.3 cm³/mol. The smallest absolute Gasteiger partial charge is 0.210 e. The van der Waals surface area contributed by atoms with Gasteiger partial charge < -0.3 is 9.63 Å². The van der Waals surface area contributed by atoms with Crippen LogP contribution >= 0.6 is 7.37 Å². The molecule has 2 unspecified atom stereocenters. The first-order valence-corrected chi connectivity index (χ1v) is 7.56. The van der Waals surface area contributed by atoms with E-state index in [1.54, 1.807) is 18.9 Å². The molecule has 1 aromatic heterocycles. The summed E-state index contributed by atoms with van der Waals surface area (Å²) in [6.45, 7) is 5.90. The highest BCUT2D eigenvalue weighted by molar-refractivity contribution is 7.58. The van der Waals surface area contributed by atoms with Crippen LogP contribution in [0.3, 0.4) is 0 Å². The number of aromatic hydroxyl groups is 1. The lowest BCUT2D eigenvalue weighted by Crippen LogP contribution is -2.03. The Balaban J connectivity index is 2.72. The number of hydrogen-bond acceptors (Lipinski definition) is 4. The van der Waals surface area contributed by atoms with Crippen molar-refractivity contribution in [1.82, 2.24) is 4.98 Å². The summed E-state index contributed by atoms with van der Waals surface area (Å²) in [6, 6.07) is 3.41. The monoisotopic (exact) mass is 243 g/mol. The van der Waals surface area contributed by atoms with Gasteiger partial charge in [0.1, 0.15) is 0 Å². The second-order valence-corrected chi connectivity index (χ2v) is 6.61. The van der Waals surface area contributed by atoms with E-state index in [9.17, 15) is 9.67 Å². The number of aromatic nitrogens is 1. The highest BCUT2D eigenvalue weighted by Gasteiger charge is 2.20. The fraction of sp³-hybridized carbons (Fsp3) is 0.545. The van der Waals surface area contributed by atoms with E-state index in [2.05, 4.69) is 4.98 Å². The molecule has 1 N–H and O–H groups in total. The van der Waals surface area contributed by atoms with Crippen molar-refractivity contribution in [3.8, 4) is 5.88 Å². The van der Waals surface area contributed by atoms with Crippen LogP contribution in [-0.4, -0.2) is 29.5 Å². The normalized spacial score (nSPS) is 16.7. The van der Waals surface area contributed by atoms with Gasteiger partial charge in [-0.2, -0.15) is 0 Å². The van der Waals surface area contributed by atoms with Crippen LogP contribution < -0.4 is 0 Å². The minimum atomic E-state index is -2.53. The fourth-order valence-corrected chi connectivity index (χ4v) is 3.53. The third-order valence-corrected chi connectivity index (χ3v) is 4.36. The zero-order chi connectivity index (χ0) is 12.2. The first kappa shape index (κ1) is 13.2. The van der Waals surface area contributed by atoms with Gasteiger partial charge in [0.15, 0.2) is 0 Å². The summed E-state index contributed by atoms with van der Waals surface area (Å²) in [7, 11) is -2.53. The van der Waals surface area contributed by atoms with E-state index in [1.807, 2.05) is 19.9 Å². The summed E-state index contributed by atoms with van der Waals surface area (Å²) in [4.78, 5) is 3.71. The van der Waals surface area contributed by atoms with Crippen molar-refractivity contribution in [3.63, 3.8) is 0 Å². The van der Waals surface area contributed by atoms with Crippen LogP contribution in [0.4, 0.5) is 0 Å². The molecular weight excluding hydrogens is 225 g/mol. The van der Waals surface area contributed by atoms with Crippen LogP contribution in [0.1, 0.15) is 25.3 Å². The maximum Gasteiger partial charge on any atom is 0.210 e. The first-order chi connectivity index (χ1) is 7.44. The molecule has 0 aliphatic rings. The molecule has 5 heteroatoms. The van der Waals surface area contributed by atoms with Crippen molar-refractivity contribution in [2.75, 3.05) is 19.4 Å². The number of hydrogen-bond donors (Lipinski definition) is 1. The van der Waals surface area contributed by atoms with E-state index in [1.165, 1.54) is 0 Å². The lowest BCUT2D eigenvalue weighted by atomic mass is 10.1. The van der Waals surface area contributed by atoms with Crippen LogP contribution in [0.25, 0.3) is 0 Å². The van der Waals surface area contributed by atoms with E-state index in [0.29, 0.717) is 12.8 Å². The Kier molecular flexibility index (Phi) is 4.51. The van der Waals surface area contributed by atoms with E-state index in [0.717, 1.165) is 5.56 Å². The van der Waals surface area contributed by atoms with Crippen molar-refractivity contribution >= 4 is 7.37 Å². The summed E-state index contributed by atoms with van der Waals surface area (Å²) in [5.41, 5.74) is 0.925. The van der Waals surface area contributed by atoms with E-state index < -0.39 is 7.37 Å². The molecular formula is C11H18NO3P. The largest absolute Gasteiger partial charge is 0.493 e. The van der Waals surface area contributed by atoms with Gasteiger partial charge in [0, 0.05) is 25.1 Å². The summed E-state index contributed by atoms with van der Waals surface area (Å²) >= 11 is 0. The van der Waals surface area contributed by atoms with Crippen molar-refractivity contribution in [3.05, 3.63) is 23.9 Å². The molecule has 1 heterocycles. The standard InChI is InChI=1S/C11H18NO3P/c1-4-15-16(3,14)8-9(2)10-5-6-12-11(13)7-10/h5-7,9H,4,8H2,1-3H3,(H,12,13). The Hall–Kier alpha value is -0.860. The predicted octanol–water partition coefficient (Wildman–Crippen LogP) is 2.84. The van der Waals surface area contributed by atoms with Crippen molar-refractivity contribution in [2.24, 2.45) is 0 Å². The van der Waals surface area contributed by atoms with Crippen LogP contribution in [0.2, 0.25) is 0 Å². The van der Waals surface area contributed by atoms with Gasteiger partial charge in [-0.25, -0.2) is 4.98 Å². The Morgan fingerprint density at radius 2 is 2.31 bits per heavy atom. The van der Waals surface area contributed by atoms with Crippen LogP contribution in [0.5, 0.6) is 5.88 Å². The molecule has 1 rings (SSSR count). The zero-order valence-electron chi connectivity index (χ0n) is 9.88. The highest BCUT2D eigenvalue weighted by atomic mass is 31.2. The van der Waals surface area contributed by atoms with Crippen molar-refractivity contribution in [1.29, 1.82) is 0 Å². The summed E-state index contributed by atoms with van der Waals surface area (Å²) in [6.07, 6.45) is 2.02. The third kappa shape index (κ3) is 3.95. The van der Waals surface area contributed by atoms with E-state index in [-0.39, 0.29) is 11.8 Å². The van der Waals surface area contributed by atoms with Gasteiger partial charge in [0.05, 0.1) is 6.61 Å². The Morgan fingerprint density at radius 3 is 2.88 bits per heavy atom. The second kappa shape index (κ2) is 5.46. The van der Waals surface area contributed by atoms with Crippen molar-refractivity contribution in [2.45, 2.75) is 19.8 Å². The quantitative estimate of drug-likeness (QED) is 0.808. The molecule has 16 heavy (non-hydrogen) atoms. The Morgan fingerprint density at radius 1 is 1.62 bits per heavy atom. The van der Waals surface area contributed by atoms with Crippen LogP contribution in [0, 0.1) is 0 Å². The zero-order valence-corrected chi connectivity index (χ0v) is 10.8. The molecule has 0 amide bonds. The van der Waals surface area contributed by atoms with Gasteiger partial charge >= 0.3 is 0 Å². The molecule has 0 spiro atoms. The van der Waals surface area contributed by atoms with Gasteiger partial charge in [-0.15, -0.1) is 0 Å². The Bertz CT molecular complexity index is 395. The fourth-order valence-electron chi connectivity index (χ4n) is 1.67. The average molecular weight is 243 g/mol. The lowest BCUT2D eigenvalue weighted by molar-refractivity contribution is 0.335. The van der Waals surface area contributed by atoms with E-state index in [4.69, 9.17) is 4.52 Å². The lowest BCUT2D eigenvalue weighted by Gasteiger charge is -2.18. The molecule has 0 bridgehead atoms. The molecule has 2 atom stereocenters. The van der Waals surface area contributed by atoms with Gasteiger partial charge in [-0.1, -0.05) is 6.92 Å². The molecule has 0 aliphatic heterocycles. The summed E-state index contributed by atoms with van der Waals surface area (Å²) in [5, 5.41) is 9.25. The van der Waals surface area contributed by atoms with Crippen molar-refractivity contribution < 1.29 is 14.2 Å². The molecule has 4 nitrogen and oxygen atoms in total. The maximum absolute atomic E-state index is 12.0. The van der Waals surface area contributed by atoms with Gasteiger partial charge in [-0.05, 0) is 24.5 Å².